The van der Waals surface area contributed by atoms with Gasteiger partial charge < -0.3 is 19.1 Å². The first-order chi connectivity index (χ1) is 14.3. The molecule has 0 radical (unpaired) electrons. The van der Waals surface area contributed by atoms with Crippen LogP contribution in [0.4, 0.5) is 5.69 Å². The number of sulfonamides is 1. The third-order valence-electron chi connectivity index (χ3n) is 6.02. The Morgan fingerprint density at radius 1 is 0.967 bits per heavy atom. The fourth-order valence-corrected chi connectivity index (χ4v) is 6.03. The van der Waals surface area contributed by atoms with E-state index in [1.807, 2.05) is 12.1 Å². The number of fused-ring (bicyclic) bond motifs is 2. The molecule has 4 rings (SSSR count). The van der Waals surface area contributed by atoms with Gasteiger partial charge in [-0.25, -0.2) is 8.42 Å². The van der Waals surface area contributed by atoms with Crippen molar-refractivity contribution in [2.45, 2.75) is 16.7 Å². The van der Waals surface area contributed by atoms with Crippen molar-refractivity contribution in [3.63, 3.8) is 0 Å². The van der Waals surface area contributed by atoms with Crippen LogP contribution in [0.1, 0.15) is 12.0 Å². The maximum Gasteiger partial charge on any atom is 0.246 e. The Balaban J connectivity index is 1.76. The summed E-state index contributed by atoms with van der Waals surface area (Å²) < 4.78 is 44.1. The number of nitrogens with zero attached hydrogens (tertiary/aromatic N) is 2. The van der Waals surface area contributed by atoms with Gasteiger partial charge in [0.25, 0.3) is 0 Å². The first kappa shape index (κ1) is 20.5. The Hall–Kier alpha value is -2.78. The molecule has 160 valence electrons. The first-order valence-electron chi connectivity index (χ1n) is 9.47. The summed E-state index contributed by atoms with van der Waals surface area (Å²) in [5, 5.41) is 0. The Morgan fingerprint density at radius 2 is 1.63 bits per heavy atom. The molecule has 1 saturated heterocycles. The van der Waals surface area contributed by atoms with Crippen LogP contribution in [0, 0.1) is 0 Å². The molecular weight excluding hydrogens is 408 g/mol. The number of hydrogen-bond acceptors (Lipinski definition) is 6. The molecule has 1 unspecified atom stereocenters. The van der Waals surface area contributed by atoms with Crippen molar-refractivity contribution in [3.05, 3.63) is 42.0 Å². The maximum atomic E-state index is 13.5. The molecule has 2 aliphatic heterocycles. The zero-order valence-electron chi connectivity index (χ0n) is 17.3. The van der Waals surface area contributed by atoms with Crippen molar-refractivity contribution < 1.29 is 27.4 Å². The van der Waals surface area contributed by atoms with Gasteiger partial charge in [0.1, 0.15) is 22.1 Å². The number of hydrogen-bond donors (Lipinski definition) is 0. The number of carbonyl (C=O) groups excluding carboxylic acids is 1. The second-order valence-corrected chi connectivity index (χ2v) is 9.34. The van der Waals surface area contributed by atoms with Gasteiger partial charge in [0.2, 0.25) is 15.9 Å². The van der Waals surface area contributed by atoms with E-state index < -0.39 is 15.4 Å². The number of anilines is 1. The zero-order chi connectivity index (χ0) is 21.7. The SMILES string of the molecule is COc1ccc2c(c1)C1(CCN(S(=O)(=O)c3cc(OC)ccc3OC)C1)C(=O)N2C. The first-order valence-corrected chi connectivity index (χ1v) is 10.9. The van der Waals surface area contributed by atoms with Crippen molar-refractivity contribution in [2.75, 3.05) is 46.4 Å². The molecule has 2 aromatic carbocycles. The molecular formula is C21H24N2O6S. The minimum absolute atomic E-state index is 0.0195. The lowest BCUT2D eigenvalue weighted by atomic mass is 9.81. The van der Waals surface area contributed by atoms with Crippen LogP contribution < -0.4 is 19.1 Å². The molecule has 0 saturated carbocycles. The molecule has 1 amide bonds. The normalized spacial score (nSPS) is 21.2. The molecule has 8 nitrogen and oxygen atoms in total. The van der Waals surface area contributed by atoms with Gasteiger partial charge in [-0.2, -0.15) is 4.31 Å². The number of ether oxygens (including phenoxy) is 3. The third-order valence-corrected chi connectivity index (χ3v) is 7.88. The van der Waals surface area contributed by atoms with Gasteiger partial charge in [0.15, 0.2) is 0 Å². The van der Waals surface area contributed by atoms with Crippen LogP contribution in [0.5, 0.6) is 17.2 Å². The summed E-state index contributed by atoms with van der Waals surface area (Å²) in [7, 11) is 2.26. The highest BCUT2D eigenvalue weighted by Crippen LogP contribution is 2.49. The van der Waals surface area contributed by atoms with Crippen molar-refractivity contribution in [1.82, 2.24) is 4.31 Å². The van der Waals surface area contributed by atoms with Crippen molar-refractivity contribution in [2.24, 2.45) is 0 Å². The fraction of sp³-hybridized carbons (Fsp3) is 0.381. The van der Waals surface area contributed by atoms with Gasteiger partial charge in [-0.3, -0.25) is 4.79 Å². The molecule has 2 aliphatic rings. The van der Waals surface area contributed by atoms with Gasteiger partial charge in [0.05, 0.1) is 26.7 Å². The summed E-state index contributed by atoms with van der Waals surface area (Å²) in [5.41, 5.74) is 0.640. The van der Waals surface area contributed by atoms with E-state index in [9.17, 15) is 13.2 Å². The van der Waals surface area contributed by atoms with Gasteiger partial charge in [-0.1, -0.05) is 0 Å². The number of methoxy groups -OCH3 is 3. The van der Waals surface area contributed by atoms with Crippen molar-refractivity contribution in [3.8, 4) is 17.2 Å². The van der Waals surface area contributed by atoms with E-state index in [0.717, 1.165) is 11.3 Å². The topological polar surface area (TPSA) is 85.4 Å². The lowest BCUT2D eigenvalue weighted by molar-refractivity contribution is -0.122. The van der Waals surface area contributed by atoms with E-state index in [2.05, 4.69) is 0 Å². The molecule has 2 heterocycles. The van der Waals surface area contributed by atoms with E-state index in [1.54, 1.807) is 37.3 Å². The van der Waals surface area contributed by atoms with E-state index in [-0.39, 0.29) is 29.6 Å². The lowest BCUT2D eigenvalue weighted by Crippen LogP contribution is -2.42. The standard InChI is InChI=1S/C21H24N2O6S/c1-22-17-7-5-14(27-2)11-16(17)21(20(22)24)9-10-23(13-21)30(25,26)19-12-15(28-3)6-8-18(19)29-4/h5-8,11-12H,9-10,13H2,1-4H3. The summed E-state index contributed by atoms with van der Waals surface area (Å²) in [4.78, 5) is 14.9. The van der Waals surface area contributed by atoms with Crippen LogP contribution in [0.25, 0.3) is 0 Å². The van der Waals surface area contributed by atoms with Crippen molar-refractivity contribution >= 4 is 21.6 Å². The van der Waals surface area contributed by atoms with E-state index in [0.29, 0.717) is 17.9 Å². The smallest absolute Gasteiger partial charge is 0.246 e. The number of likely N-dealkylation sites (N-methyl/N-ethyl adjacent to an activating group) is 1. The summed E-state index contributed by atoms with van der Waals surface area (Å²) >= 11 is 0. The second kappa shape index (κ2) is 7.17. The minimum Gasteiger partial charge on any atom is -0.497 e. The van der Waals surface area contributed by atoms with Gasteiger partial charge in [-0.15, -0.1) is 0 Å². The highest BCUT2D eigenvalue weighted by Gasteiger charge is 2.55. The molecule has 1 atom stereocenters. The van der Waals surface area contributed by atoms with Gasteiger partial charge in [0, 0.05) is 31.9 Å². The predicted octanol–water partition coefficient (Wildman–Crippen LogP) is 2.02. The lowest BCUT2D eigenvalue weighted by Gasteiger charge is -2.24. The van der Waals surface area contributed by atoms with Gasteiger partial charge in [-0.05, 0) is 42.3 Å². The summed E-state index contributed by atoms with van der Waals surface area (Å²) in [5.74, 6) is 1.16. The quantitative estimate of drug-likeness (QED) is 0.719. The molecule has 2 aromatic rings. The molecule has 1 spiro atoms. The fourth-order valence-electron chi connectivity index (χ4n) is 4.36. The van der Waals surface area contributed by atoms with E-state index in [4.69, 9.17) is 14.2 Å². The minimum atomic E-state index is -3.91. The Morgan fingerprint density at radius 3 is 2.30 bits per heavy atom. The van der Waals surface area contributed by atoms with E-state index in [1.165, 1.54) is 24.6 Å². The average molecular weight is 432 g/mol. The summed E-state index contributed by atoms with van der Waals surface area (Å²) in [6, 6.07) is 10.1. The second-order valence-electron chi connectivity index (χ2n) is 7.43. The highest BCUT2D eigenvalue weighted by atomic mass is 32.2. The number of rotatable bonds is 5. The molecule has 0 bridgehead atoms. The zero-order valence-corrected chi connectivity index (χ0v) is 18.2. The van der Waals surface area contributed by atoms with Crippen LogP contribution in [0.3, 0.4) is 0 Å². The predicted molar refractivity (Wildman–Crippen MR) is 111 cm³/mol. The average Bonchev–Trinajstić information content (AvgIpc) is 3.31. The maximum absolute atomic E-state index is 13.5. The third kappa shape index (κ3) is 2.84. The van der Waals surface area contributed by atoms with Crippen LogP contribution in [-0.2, 0) is 20.2 Å². The number of benzene rings is 2. The molecule has 1 fully saturated rings. The largest absolute Gasteiger partial charge is 0.497 e. The molecule has 9 heteroatoms. The Labute approximate surface area is 176 Å². The summed E-state index contributed by atoms with van der Waals surface area (Å²) in [6.45, 7) is 0.276. The van der Waals surface area contributed by atoms with Crippen LogP contribution >= 0.6 is 0 Å². The number of carbonyl (C=O) groups is 1. The van der Waals surface area contributed by atoms with Crippen LogP contribution in [0.15, 0.2) is 41.3 Å². The van der Waals surface area contributed by atoms with Crippen molar-refractivity contribution in [1.29, 1.82) is 0 Å². The summed E-state index contributed by atoms with van der Waals surface area (Å²) in [6.07, 6.45) is 0.391. The Bertz CT molecular complexity index is 1120. The van der Waals surface area contributed by atoms with Crippen LogP contribution in [-0.4, -0.2) is 60.1 Å². The van der Waals surface area contributed by atoms with E-state index >= 15 is 0 Å². The molecule has 0 N–H and O–H groups in total. The van der Waals surface area contributed by atoms with Crippen LogP contribution in [0.2, 0.25) is 0 Å². The van der Waals surface area contributed by atoms with Gasteiger partial charge >= 0.3 is 0 Å². The molecule has 0 aromatic heterocycles. The molecule has 30 heavy (non-hydrogen) atoms. The highest BCUT2D eigenvalue weighted by molar-refractivity contribution is 7.89. The Kier molecular flexibility index (Phi) is 4.90. The molecule has 0 aliphatic carbocycles. The number of amides is 1. The monoisotopic (exact) mass is 432 g/mol.